The van der Waals surface area contributed by atoms with E-state index in [2.05, 4.69) is 29.6 Å². The summed E-state index contributed by atoms with van der Waals surface area (Å²) in [5.41, 5.74) is 3.92. The number of fused-ring (bicyclic) bond motifs is 4. The van der Waals surface area contributed by atoms with E-state index in [0.29, 0.717) is 25.9 Å². The van der Waals surface area contributed by atoms with Gasteiger partial charge in [-0.15, -0.1) is 0 Å². The Kier molecular flexibility index (Phi) is 6.26. The highest BCUT2D eigenvalue weighted by molar-refractivity contribution is 5.82. The van der Waals surface area contributed by atoms with Crippen LogP contribution in [0.2, 0.25) is 0 Å². The van der Waals surface area contributed by atoms with Crippen molar-refractivity contribution in [2.75, 3.05) is 19.7 Å². The smallest absolute Gasteiger partial charge is 0.407 e. The number of ether oxygens (including phenoxy) is 1. The van der Waals surface area contributed by atoms with Gasteiger partial charge in [-0.1, -0.05) is 61.9 Å². The number of alkyl carbamates (subject to hydrolysis) is 1. The number of aliphatic carboxylic acids is 1. The summed E-state index contributed by atoms with van der Waals surface area (Å²) in [6, 6.07) is 16.2. The molecule has 1 saturated carbocycles. The van der Waals surface area contributed by atoms with Gasteiger partial charge in [0.1, 0.15) is 6.61 Å². The monoisotopic (exact) mass is 476 g/mol. The van der Waals surface area contributed by atoms with Gasteiger partial charge in [0.15, 0.2) is 0 Å². The number of carboxylic acids is 1. The zero-order valence-electron chi connectivity index (χ0n) is 20.0. The number of carboxylic acid groups (broad SMARTS) is 1. The topological polar surface area (TPSA) is 95.9 Å². The Bertz CT molecular complexity index is 1100. The average Bonchev–Trinajstić information content (AvgIpc) is 3.52. The second-order valence-corrected chi connectivity index (χ2v) is 10.2. The number of hydrogen-bond donors (Lipinski definition) is 2. The van der Waals surface area contributed by atoms with Crippen molar-refractivity contribution in [1.29, 1.82) is 0 Å². The van der Waals surface area contributed by atoms with Crippen LogP contribution in [-0.2, 0) is 14.3 Å². The summed E-state index contributed by atoms with van der Waals surface area (Å²) in [5.74, 6) is -0.880. The fraction of sp³-hybridized carbons (Fsp3) is 0.464. The number of nitrogens with zero attached hydrogens (tertiary/aromatic N) is 1. The Morgan fingerprint density at radius 1 is 1.09 bits per heavy atom. The van der Waals surface area contributed by atoms with Crippen molar-refractivity contribution in [3.8, 4) is 11.1 Å². The second kappa shape index (κ2) is 9.36. The molecular weight excluding hydrogens is 444 g/mol. The Hall–Kier alpha value is -3.35. The number of carbonyl (C=O) groups excluding carboxylic acids is 2. The van der Waals surface area contributed by atoms with Crippen LogP contribution in [0.25, 0.3) is 11.1 Å². The molecule has 35 heavy (non-hydrogen) atoms. The molecule has 0 spiro atoms. The van der Waals surface area contributed by atoms with Crippen LogP contribution in [0.5, 0.6) is 0 Å². The maximum Gasteiger partial charge on any atom is 0.407 e. The van der Waals surface area contributed by atoms with E-state index in [-0.39, 0.29) is 36.8 Å². The van der Waals surface area contributed by atoms with Gasteiger partial charge < -0.3 is 20.1 Å². The van der Waals surface area contributed by atoms with E-state index >= 15 is 0 Å². The summed E-state index contributed by atoms with van der Waals surface area (Å²) >= 11 is 0. The third-order valence-corrected chi connectivity index (χ3v) is 8.12. The maximum absolute atomic E-state index is 12.9. The van der Waals surface area contributed by atoms with Gasteiger partial charge in [0.05, 0.1) is 5.41 Å². The van der Waals surface area contributed by atoms with Gasteiger partial charge >= 0.3 is 12.1 Å². The van der Waals surface area contributed by atoms with Crippen molar-refractivity contribution in [3.05, 3.63) is 59.7 Å². The van der Waals surface area contributed by atoms with Crippen molar-refractivity contribution < 1.29 is 24.2 Å². The summed E-state index contributed by atoms with van der Waals surface area (Å²) in [5, 5.41) is 12.5. The van der Waals surface area contributed by atoms with Crippen molar-refractivity contribution in [2.24, 2.45) is 11.3 Å². The van der Waals surface area contributed by atoms with E-state index in [4.69, 9.17) is 4.74 Å². The highest BCUT2D eigenvalue weighted by Crippen LogP contribution is 2.49. The number of likely N-dealkylation sites (tertiary alicyclic amines) is 1. The Balaban J connectivity index is 1.11. The van der Waals surface area contributed by atoms with Gasteiger partial charge in [-0.25, -0.2) is 4.79 Å². The van der Waals surface area contributed by atoms with Crippen LogP contribution in [-0.4, -0.2) is 53.7 Å². The Labute approximate surface area is 205 Å². The standard InChI is InChI=1S/C28H32N2O5/c1-18(15-25(31)30-14-13-28(26(32)33)12-6-11-24(28)30)16-29-27(34)35-17-23-21-9-4-2-7-19(21)20-8-3-5-10-22(20)23/h2-5,7-10,18,23-24H,6,11-17H2,1H3,(H,29,34)(H,32,33). The summed E-state index contributed by atoms with van der Waals surface area (Å²) < 4.78 is 5.58. The molecule has 3 unspecified atom stereocenters. The highest BCUT2D eigenvalue weighted by Gasteiger charge is 2.56. The summed E-state index contributed by atoms with van der Waals surface area (Å²) in [6.07, 6.45) is 2.56. The molecule has 5 rings (SSSR count). The van der Waals surface area contributed by atoms with E-state index < -0.39 is 17.5 Å². The lowest BCUT2D eigenvalue weighted by molar-refractivity contribution is -0.150. The van der Waals surface area contributed by atoms with Crippen molar-refractivity contribution in [1.82, 2.24) is 10.2 Å². The van der Waals surface area contributed by atoms with E-state index in [0.717, 1.165) is 24.0 Å². The molecule has 7 heteroatoms. The van der Waals surface area contributed by atoms with Crippen LogP contribution in [0.1, 0.15) is 56.1 Å². The van der Waals surface area contributed by atoms with E-state index in [1.807, 2.05) is 31.2 Å². The van der Waals surface area contributed by atoms with Crippen LogP contribution in [0.3, 0.4) is 0 Å². The molecule has 7 nitrogen and oxygen atoms in total. The maximum atomic E-state index is 12.9. The zero-order chi connectivity index (χ0) is 24.6. The van der Waals surface area contributed by atoms with Gasteiger partial charge in [-0.2, -0.15) is 0 Å². The number of amides is 2. The third kappa shape index (κ3) is 4.17. The quantitative estimate of drug-likeness (QED) is 0.617. The zero-order valence-corrected chi connectivity index (χ0v) is 20.0. The van der Waals surface area contributed by atoms with E-state index in [1.165, 1.54) is 11.1 Å². The number of nitrogens with one attached hydrogen (secondary N) is 1. The fourth-order valence-electron chi connectivity index (χ4n) is 6.32. The summed E-state index contributed by atoms with van der Waals surface area (Å²) in [6.45, 7) is 2.99. The molecule has 1 heterocycles. The minimum Gasteiger partial charge on any atom is -0.481 e. The summed E-state index contributed by atoms with van der Waals surface area (Å²) in [4.78, 5) is 39.0. The largest absolute Gasteiger partial charge is 0.481 e. The lowest BCUT2D eigenvalue weighted by atomic mass is 9.82. The SMILES string of the molecule is CC(CNC(=O)OCC1c2ccccc2-c2ccccc21)CC(=O)N1CCC2(C(=O)O)CCCC12. The molecule has 3 aliphatic rings. The van der Waals surface area contributed by atoms with Crippen molar-refractivity contribution >= 4 is 18.0 Å². The molecule has 2 fully saturated rings. The lowest BCUT2D eigenvalue weighted by Crippen LogP contribution is -2.44. The predicted molar refractivity (Wildman–Crippen MR) is 131 cm³/mol. The van der Waals surface area contributed by atoms with E-state index in [9.17, 15) is 19.5 Å². The first-order chi connectivity index (χ1) is 16.9. The number of rotatable bonds is 7. The minimum absolute atomic E-state index is 0.00299. The van der Waals surface area contributed by atoms with Crippen LogP contribution in [0.4, 0.5) is 4.79 Å². The molecular formula is C28H32N2O5. The number of benzene rings is 2. The normalized spacial score (nSPS) is 23.3. The molecule has 0 aromatic heterocycles. The van der Waals surface area contributed by atoms with Crippen molar-refractivity contribution in [2.45, 2.75) is 51.0 Å². The third-order valence-electron chi connectivity index (χ3n) is 8.12. The molecule has 2 aromatic rings. The molecule has 2 N–H and O–H groups in total. The van der Waals surface area contributed by atoms with Crippen LogP contribution in [0, 0.1) is 11.3 Å². The molecule has 2 aliphatic carbocycles. The molecule has 1 aliphatic heterocycles. The average molecular weight is 477 g/mol. The number of hydrogen-bond acceptors (Lipinski definition) is 4. The van der Waals surface area contributed by atoms with Gasteiger partial charge in [0.25, 0.3) is 0 Å². The van der Waals surface area contributed by atoms with Crippen LogP contribution >= 0.6 is 0 Å². The Morgan fingerprint density at radius 2 is 1.74 bits per heavy atom. The summed E-state index contributed by atoms with van der Waals surface area (Å²) in [7, 11) is 0. The van der Waals surface area contributed by atoms with Crippen LogP contribution in [0.15, 0.2) is 48.5 Å². The van der Waals surface area contributed by atoms with Gasteiger partial charge in [-0.05, 0) is 47.4 Å². The second-order valence-electron chi connectivity index (χ2n) is 10.2. The minimum atomic E-state index is -0.778. The molecule has 0 bridgehead atoms. The molecule has 0 radical (unpaired) electrons. The molecule has 2 amide bonds. The van der Waals surface area contributed by atoms with E-state index in [1.54, 1.807) is 4.90 Å². The van der Waals surface area contributed by atoms with Gasteiger partial charge in [-0.3, -0.25) is 9.59 Å². The highest BCUT2D eigenvalue weighted by atomic mass is 16.5. The lowest BCUT2D eigenvalue weighted by Gasteiger charge is -2.29. The van der Waals surface area contributed by atoms with Crippen LogP contribution < -0.4 is 5.32 Å². The molecule has 1 saturated heterocycles. The predicted octanol–water partition coefficient (Wildman–Crippen LogP) is 4.41. The Morgan fingerprint density at radius 3 is 2.40 bits per heavy atom. The van der Waals surface area contributed by atoms with Crippen molar-refractivity contribution in [3.63, 3.8) is 0 Å². The first-order valence-corrected chi connectivity index (χ1v) is 12.5. The first kappa shape index (κ1) is 23.4. The molecule has 184 valence electrons. The fourth-order valence-corrected chi connectivity index (χ4v) is 6.32. The molecule has 3 atom stereocenters. The van der Waals surface area contributed by atoms with Gasteiger partial charge in [0.2, 0.25) is 5.91 Å². The first-order valence-electron chi connectivity index (χ1n) is 12.5. The van der Waals surface area contributed by atoms with Gasteiger partial charge in [0, 0.05) is 31.5 Å². The number of carbonyl (C=O) groups is 3. The molecule has 2 aromatic carbocycles.